The molecule has 0 spiro atoms. The molecule has 0 unspecified atom stereocenters. The highest BCUT2D eigenvalue weighted by Gasteiger charge is 2.29. The van der Waals surface area contributed by atoms with Crippen molar-refractivity contribution in [2.75, 3.05) is 17.3 Å². The van der Waals surface area contributed by atoms with E-state index in [0.717, 1.165) is 25.1 Å². The Morgan fingerprint density at radius 3 is 2.62 bits per heavy atom. The molecule has 21 heavy (non-hydrogen) atoms. The van der Waals surface area contributed by atoms with Crippen LogP contribution in [0.3, 0.4) is 0 Å². The Morgan fingerprint density at radius 1 is 1.24 bits per heavy atom. The number of benzene rings is 1. The van der Waals surface area contributed by atoms with Crippen LogP contribution in [0.2, 0.25) is 0 Å². The molecule has 1 N–H and O–H groups in total. The van der Waals surface area contributed by atoms with Crippen molar-refractivity contribution < 1.29 is 4.79 Å². The average Bonchev–Trinajstić information content (AvgIpc) is 3.33. The molecule has 1 amide bonds. The summed E-state index contributed by atoms with van der Waals surface area (Å²) in [5.74, 6) is 0.920. The van der Waals surface area contributed by atoms with E-state index in [2.05, 4.69) is 27.3 Å². The topological polar surface area (TPSA) is 45.2 Å². The van der Waals surface area contributed by atoms with Crippen molar-refractivity contribution >= 4 is 17.4 Å². The van der Waals surface area contributed by atoms with E-state index >= 15 is 0 Å². The van der Waals surface area contributed by atoms with E-state index in [4.69, 9.17) is 0 Å². The molecule has 4 heteroatoms. The normalized spacial score (nSPS) is 13.8. The molecule has 0 bridgehead atoms. The number of amides is 1. The van der Waals surface area contributed by atoms with Gasteiger partial charge in [-0.15, -0.1) is 0 Å². The summed E-state index contributed by atoms with van der Waals surface area (Å²) in [4.78, 5) is 18.1. The first kappa shape index (κ1) is 13.6. The minimum Gasteiger partial charge on any atom is -0.369 e. The van der Waals surface area contributed by atoms with Gasteiger partial charge in [-0.3, -0.25) is 4.79 Å². The van der Waals surface area contributed by atoms with Gasteiger partial charge in [-0.05, 0) is 30.5 Å². The maximum Gasteiger partial charge on any atom is 0.228 e. The molecule has 3 rings (SSSR count). The lowest BCUT2D eigenvalue weighted by Crippen LogP contribution is -2.17. The van der Waals surface area contributed by atoms with Gasteiger partial charge in [0, 0.05) is 19.5 Å². The molecular weight excluding hydrogens is 262 g/mol. The summed E-state index contributed by atoms with van der Waals surface area (Å²) in [5.41, 5.74) is 2.29. The van der Waals surface area contributed by atoms with Crippen LogP contribution in [0, 0.1) is 5.92 Å². The monoisotopic (exact) mass is 281 g/mol. The summed E-state index contributed by atoms with van der Waals surface area (Å²) in [6.45, 7) is 0.830. The summed E-state index contributed by atoms with van der Waals surface area (Å²) in [6.07, 6.45) is 3.80. The van der Waals surface area contributed by atoms with Gasteiger partial charge < -0.3 is 10.2 Å². The molecule has 1 aliphatic rings. The van der Waals surface area contributed by atoms with Crippen LogP contribution in [0.4, 0.5) is 11.5 Å². The number of nitrogens with zero attached hydrogens (tertiary/aromatic N) is 2. The number of nitrogens with one attached hydrogen (secondary N) is 1. The molecule has 2 aromatic rings. The average molecular weight is 281 g/mol. The van der Waals surface area contributed by atoms with E-state index in [0.29, 0.717) is 5.82 Å². The third kappa shape index (κ3) is 3.60. The Labute approximate surface area is 124 Å². The molecule has 1 saturated carbocycles. The minimum absolute atomic E-state index is 0.0906. The first-order chi connectivity index (χ1) is 10.2. The van der Waals surface area contributed by atoms with Crippen LogP contribution in [0.1, 0.15) is 18.4 Å². The van der Waals surface area contributed by atoms with Crippen LogP contribution >= 0.6 is 0 Å². The van der Waals surface area contributed by atoms with Gasteiger partial charge >= 0.3 is 0 Å². The van der Waals surface area contributed by atoms with Gasteiger partial charge in [0.15, 0.2) is 0 Å². The van der Waals surface area contributed by atoms with E-state index in [-0.39, 0.29) is 11.8 Å². The lowest BCUT2D eigenvalue weighted by atomic mass is 10.2. The number of carbonyl (C=O) groups excluding carboxylic acids is 1. The molecule has 1 aromatic heterocycles. The Bertz CT molecular complexity index is 606. The Balaban J connectivity index is 1.61. The standard InChI is InChI=1S/C17H19N3O/c1-20(12-13-5-3-2-4-6-13)15-9-10-16(18-11-15)19-17(21)14-7-8-14/h2-6,9-11,14H,7-8,12H2,1H3,(H,18,19,21). The predicted molar refractivity (Wildman–Crippen MR) is 84.1 cm³/mol. The van der Waals surface area contributed by atoms with Gasteiger partial charge in [0.25, 0.3) is 0 Å². The zero-order valence-corrected chi connectivity index (χ0v) is 12.1. The molecule has 0 aliphatic heterocycles. The highest BCUT2D eigenvalue weighted by molar-refractivity contribution is 5.93. The zero-order valence-electron chi connectivity index (χ0n) is 12.1. The third-order valence-electron chi connectivity index (χ3n) is 3.65. The molecule has 1 aromatic carbocycles. The molecule has 1 aliphatic carbocycles. The van der Waals surface area contributed by atoms with Crippen molar-refractivity contribution in [3.8, 4) is 0 Å². The predicted octanol–water partition coefficient (Wildman–Crippen LogP) is 3.07. The van der Waals surface area contributed by atoms with Crippen molar-refractivity contribution in [3.05, 3.63) is 54.2 Å². The van der Waals surface area contributed by atoms with Gasteiger partial charge in [-0.2, -0.15) is 0 Å². The van der Waals surface area contributed by atoms with E-state index in [1.54, 1.807) is 6.20 Å². The van der Waals surface area contributed by atoms with Gasteiger partial charge in [-0.25, -0.2) is 4.98 Å². The largest absolute Gasteiger partial charge is 0.369 e. The number of carbonyl (C=O) groups is 1. The summed E-state index contributed by atoms with van der Waals surface area (Å²) >= 11 is 0. The molecule has 0 atom stereocenters. The molecule has 4 nitrogen and oxygen atoms in total. The fourth-order valence-electron chi connectivity index (χ4n) is 2.21. The maximum atomic E-state index is 11.7. The fourth-order valence-corrected chi connectivity index (χ4v) is 2.21. The van der Waals surface area contributed by atoms with E-state index < -0.39 is 0 Å². The van der Waals surface area contributed by atoms with Crippen LogP contribution < -0.4 is 10.2 Å². The van der Waals surface area contributed by atoms with Crippen molar-refractivity contribution in [1.82, 2.24) is 4.98 Å². The number of anilines is 2. The minimum atomic E-state index is 0.0906. The highest BCUT2D eigenvalue weighted by Crippen LogP contribution is 2.30. The lowest BCUT2D eigenvalue weighted by molar-refractivity contribution is -0.117. The van der Waals surface area contributed by atoms with E-state index in [9.17, 15) is 4.79 Å². The summed E-state index contributed by atoms with van der Waals surface area (Å²) < 4.78 is 0. The maximum absolute atomic E-state index is 11.7. The molecule has 108 valence electrons. The van der Waals surface area contributed by atoms with Crippen LogP contribution in [0.15, 0.2) is 48.7 Å². The van der Waals surface area contributed by atoms with Crippen molar-refractivity contribution in [3.63, 3.8) is 0 Å². The quantitative estimate of drug-likeness (QED) is 0.916. The summed E-state index contributed by atoms with van der Waals surface area (Å²) in [5, 5.41) is 2.85. The SMILES string of the molecule is CN(Cc1ccccc1)c1ccc(NC(=O)C2CC2)nc1. The van der Waals surface area contributed by atoms with Gasteiger partial charge in [0.05, 0.1) is 11.9 Å². The molecule has 1 fully saturated rings. The third-order valence-corrected chi connectivity index (χ3v) is 3.65. The first-order valence-corrected chi connectivity index (χ1v) is 7.24. The highest BCUT2D eigenvalue weighted by atomic mass is 16.2. The Kier molecular flexibility index (Phi) is 3.86. The molecular formula is C17H19N3O. The van der Waals surface area contributed by atoms with Gasteiger partial charge in [0.2, 0.25) is 5.91 Å². The summed E-state index contributed by atoms with van der Waals surface area (Å²) in [7, 11) is 2.03. The first-order valence-electron chi connectivity index (χ1n) is 7.24. The number of aromatic nitrogens is 1. The molecule has 0 radical (unpaired) electrons. The van der Waals surface area contributed by atoms with Crippen LogP contribution in [0.5, 0.6) is 0 Å². The second-order valence-corrected chi connectivity index (χ2v) is 5.51. The molecule has 0 saturated heterocycles. The van der Waals surface area contributed by atoms with Crippen molar-refractivity contribution in [1.29, 1.82) is 0 Å². The van der Waals surface area contributed by atoms with Gasteiger partial charge in [0.1, 0.15) is 5.82 Å². The Morgan fingerprint density at radius 2 is 2.00 bits per heavy atom. The molecule has 1 heterocycles. The van der Waals surface area contributed by atoms with E-state index in [1.807, 2.05) is 37.4 Å². The second kappa shape index (κ2) is 5.95. The fraction of sp³-hybridized carbons (Fsp3) is 0.294. The Hall–Kier alpha value is -2.36. The zero-order chi connectivity index (χ0) is 14.7. The van der Waals surface area contributed by atoms with Gasteiger partial charge in [-0.1, -0.05) is 30.3 Å². The second-order valence-electron chi connectivity index (χ2n) is 5.51. The number of hydrogen-bond acceptors (Lipinski definition) is 3. The van der Waals surface area contributed by atoms with Crippen molar-refractivity contribution in [2.45, 2.75) is 19.4 Å². The van der Waals surface area contributed by atoms with Crippen LogP contribution in [-0.2, 0) is 11.3 Å². The summed E-state index contributed by atoms with van der Waals surface area (Å²) in [6, 6.07) is 14.1. The number of pyridine rings is 1. The van der Waals surface area contributed by atoms with Crippen molar-refractivity contribution in [2.24, 2.45) is 5.92 Å². The number of hydrogen-bond donors (Lipinski definition) is 1. The smallest absolute Gasteiger partial charge is 0.228 e. The number of rotatable bonds is 5. The van der Waals surface area contributed by atoms with E-state index in [1.165, 1.54) is 5.56 Å². The van der Waals surface area contributed by atoms with Crippen LogP contribution in [0.25, 0.3) is 0 Å². The lowest BCUT2D eigenvalue weighted by Gasteiger charge is -2.19. The van der Waals surface area contributed by atoms with Crippen LogP contribution in [-0.4, -0.2) is 17.9 Å².